The molecule has 1 atom stereocenters. The number of rotatable bonds is 1. The van der Waals surface area contributed by atoms with E-state index in [-0.39, 0.29) is 0 Å². The summed E-state index contributed by atoms with van der Waals surface area (Å²) in [5.74, 6) is 0.973. The van der Waals surface area contributed by atoms with Crippen LogP contribution in [0, 0.1) is 5.92 Å². The second-order valence-corrected chi connectivity index (χ2v) is 9.82. The van der Waals surface area contributed by atoms with Gasteiger partial charge < -0.3 is 0 Å². The van der Waals surface area contributed by atoms with Crippen LogP contribution in [0.4, 0.5) is 0 Å². The van der Waals surface area contributed by atoms with Crippen LogP contribution in [0.3, 0.4) is 0 Å². The molecule has 1 aliphatic rings. The second kappa shape index (κ2) is 3.33. The fourth-order valence-electron chi connectivity index (χ4n) is 1.59. The van der Waals surface area contributed by atoms with E-state index in [2.05, 4.69) is 19.2 Å². The maximum atomic E-state index is 3.47. The van der Waals surface area contributed by atoms with Crippen LogP contribution in [0.5, 0.6) is 0 Å². The minimum atomic E-state index is 0.695. The van der Waals surface area contributed by atoms with Crippen molar-refractivity contribution in [3.63, 3.8) is 0 Å². The van der Waals surface area contributed by atoms with Crippen LogP contribution in [-0.2, 0) is 0 Å². The summed E-state index contributed by atoms with van der Waals surface area (Å²) in [4.78, 5) is 0. The predicted octanol–water partition coefficient (Wildman–Crippen LogP) is 0.818. The summed E-state index contributed by atoms with van der Waals surface area (Å²) in [5.41, 5.74) is 0. The Hall–Kier alpha value is 0.596. The maximum absolute atomic E-state index is 3.47. The van der Waals surface area contributed by atoms with E-state index < -0.39 is 0 Å². The molecule has 0 aromatic rings. The quantitative estimate of drug-likeness (QED) is 0.615. The minimum absolute atomic E-state index is 0.695. The molecule has 0 radical (unpaired) electrons. The molecule has 0 spiro atoms. The fourth-order valence-corrected chi connectivity index (χ4v) is 2.62. The van der Waals surface area contributed by atoms with Crippen molar-refractivity contribution < 1.29 is 0 Å². The van der Waals surface area contributed by atoms with Crippen LogP contribution in [0.25, 0.3) is 0 Å². The van der Waals surface area contributed by atoms with E-state index in [0.29, 0.717) is 3.97 Å². The molecule has 1 fully saturated rings. The first-order valence-corrected chi connectivity index (χ1v) is 6.41. The Balaban J connectivity index is 2.39. The van der Waals surface area contributed by atoms with E-state index in [1.165, 1.54) is 25.9 Å². The van der Waals surface area contributed by atoms with E-state index in [9.17, 15) is 0 Å². The van der Waals surface area contributed by atoms with Crippen molar-refractivity contribution in [1.29, 1.82) is 0 Å². The number of nitrogens with one attached hydrogen (secondary N) is 1. The van der Waals surface area contributed by atoms with Gasteiger partial charge in [0.25, 0.3) is 0 Å². The summed E-state index contributed by atoms with van der Waals surface area (Å²) in [7, 11) is 0. The summed E-state index contributed by atoms with van der Waals surface area (Å²) < 4.78 is 0.695. The molecule has 0 aliphatic carbocycles. The molecule has 58 valence electrons. The van der Waals surface area contributed by atoms with Gasteiger partial charge in [-0.15, -0.1) is 0 Å². The van der Waals surface area contributed by atoms with Crippen molar-refractivity contribution in [3.05, 3.63) is 0 Å². The fraction of sp³-hybridized carbons (Fsp3) is 1.00. The molecule has 1 unspecified atom stereocenters. The van der Waals surface area contributed by atoms with Gasteiger partial charge in [0.2, 0.25) is 0 Å². The van der Waals surface area contributed by atoms with Crippen molar-refractivity contribution in [2.24, 2.45) is 5.92 Å². The van der Waals surface area contributed by atoms with Crippen LogP contribution in [0.1, 0.15) is 26.7 Å². The first kappa shape index (κ1) is 8.69. The van der Waals surface area contributed by atoms with Crippen molar-refractivity contribution in [1.82, 2.24) is 5.32 Å². The Morgan fingerprint density at radius 1 is 1.50 bits per heavy atom. The van der Waals surface area contributed by atoms with Gasteiger partial charge in [-0.3, -0.25) is 0 Å². The SMILES string of the molecule is C[C](C)([GaH2])C1CCCNC1. The van der Waals surface area contributed by atoms with Crippen LogP contribution < -0.4 is 5.32 Å². The Kier molecular flexibility index (Phi) is 2.89. The Morgan fingerprint density at radius 2 is 2.20 bits per heavy atom. The monoisotopic (exact) mass is 197 g/mol. The van der Waals surface area contributed by atoms with Gasteiger partial charge in [-0.25, -0.2) is 0 Å². The Morgan fingerprint density at radius 3 is 2.50 bits per heavy atom. The molecule has 1 saturated heterocycles. The molecule has 1 nitrogen and oxygen atoms in total. The molecule has 1 aliphatic heterocycles. The van der Waals surface area contributed by atoms with Gasteiger partial charge in [-0.2, -0.15) is 0 Å². The molecule has 0 amide bonds. The predicted molar refractivity (Wildman–Crippen MR) is 48.2 cm³/mol. The molecular weight excluding hydrogens is 180 g/mol. The van der Waals surface area contributed by atoms with Gasteiger partial charge in [-0.05, 0) is 0 Å². The number of hydrogen-bond acceptors (Lipinski definition) is 1. The van der Waals surface area contributed by atoms with Gasteiger partial charge in [0, 0.05) is 0 Å². The first-order chi connectivity index (χ1) is 4.61. The van der Waals surface area contributed by atoms with Crippen LogP contribution in [0.2, 0.25) is 3.97 Å². The number of piperidine rings is 1. The molecule has 1 N–H and O–H groups in total. The van der Waals surface area contributed by atoms with Crippen molar-refractivity contribution in [2.45, 2.75) is 30.7 Å². The summed E-state index contributed by atoms with van der Waals surface area (Å²) in [6.45, 7) is 7.36. The zero-order valence-electron chi connectivity index (χ0n) is 7.41. The van der Waals surface area contributed by atoms with E-state index in [4.69, 9.17) is 0 Å². The third kappa shape index (κ3) is 2.33. The molecule has 0 saturated carbocycles. The van der Waals surface area contributed by atoms with E-state index in [1.54, 1.807) is 0 Å². The molecule has 1 rings (SSSR count). The van der Waals surface area contributed by atoms with Crippen molar-refractivity contribution >= 4 is 18.6 Å². The van der Waals surface area contributed by atoms with E-state index >= 15 is 0 Å². The molecule has 0 aromatic heterocycles. The third-order valence-electron chi connectivity index (χ3n) is 2.52. The van der Waals surface area contributed by atoms with E-state index in [1.807, 2.05) is 0 Å². The summed E-state index contributed by atoms with van der Waals surface area (Å²) in [6, 6.07) is 0. The Bertz CT molecular complexity index is 100. The Labute approximate surface area is 73.9 Å². The normalized spacial score (nSPS) is 28.4. The summed E-state index contributed by atoms with van der Waals surface area (Å²) >= 11 is 0.976. The zero-order valence-corrected chi connectivity index (χ0v) is 11.6. The first-order valence-electron chi connectivity index (χ1n) is 4.31. The van der Waals surface area contributed by atoms with Crippen LogP contribution in [-0.4, -0.2) is 31.7 Å². The average molecular weight is 198 g/mol. The molecule has 0 aromatic carbocycles. The average Bonchev–Trinajstić information content (AvgIpc) is 1.88. The van der Waals surface area contributed by atoms with Gasteiger partial charge in [-0.1, -0.05) is 0 Å². The summed E-state index contributed by atoms with van der Waals surface area (Å²) in [5, 5.41) is 3.47. The van der Waals surface area contributed by atoms with Crippen LogP contribution in [0.15, 0.2) is 0 Å². The van der Waals surface area contributed by atoms with Gasteiger partial charge in [0.15, 0.2) is 0 Å². The van der Waals surface area contributed by atoms with Crippen molar-refractivity contribution in [3.8, 4) is 0 Å². The molecule has 1 heterocycles. The van der Waals surface area contributed by atoms with Gasteiger partial charge >= 0.3 is 73.6 Å². The topological polar surface area (TPSA) is 12.0 Å². The number of hydrogen-bond donors (Lipinski definition) is 1. The van der Waals surface area contributed by atoms with Gasteiger partial charge in [0.05, 0.1) is 0 Å². The standard InChI is InChI=1S/C8H16N.Ga.2H/c1-7(2)8-4-3-5-9-6-8;;;/h8-9H,3-6H2,1-2H3;;;. The molecule has 0 bridgehead atoms. The van der Waals surface area contributed by atoms with Gasteiger partial charge in [0.1, 0.15) is 0 Å². The third-order valence-corrected chi connectivity index (χ3v) is 4.23. The molecular formula is C8H18GaN. The molecule has 10 heavy (non-hydrogen) atoms. The second-order valence-electron chi connectivity index (χ2n) is 4.41. The zero-order chi connectivity index (χ0) is 7.61. The molecule has 2 heteroatoms. The van der Waals surface area contributed by atoms with Crippen LogP contribution >= 0.6 is 0 Å². The van der Waals surface area contributed by atoms with Crippen molar-refractivity contribution in [2.75, 3.05) is 13.1 Å². The summed E-state index contributed by atoms with van der Waals surface area (Å²) in [6.07, 6.45) is 2.85. The van der Waals surface area contributed by atoms with E-state index in [0.717, 1.165) is 24.5 Å².